The second-order valence-electron chi connectivity index (χ2n) is 8.56. The van der Waals surface area contributed by atoms with Crippen LogP contribution >= 0.6 is 0 Å². The van der Waals surface area contributed by atoms with E-state index in [4.69, 9.17) is 9.26 Å². The zero-order valence-electron chi connectivity index (χ0n) is 17.8. The van der Waals surface area contributed by atoms with Crippen LogP contribution in [-0.4, -0.2) is 39.6 Å². The van der Waals surface area contributed by atoms with Crippen LogP contribution < -0.4 is 0 Å². The van der Waals surface area contributed by atoms with E-state index in [2.05, 4.69) is 24.0 Å². The molecule has 0 saturated carbocycles. The van der Waals surface area contributed by atoms with Gasteiger partial charge in [0.25, 0.3) is 5.91 Å². The molecule has 0 radical (unpaired) electrons. The average molecular weight is 407 g/mol. The Morgan fingerprint density at radius 2 is 2.00 bits per heavy atom. The van der Waals surface area contributed by atoms with Gasteiger partial charge in [-0.25, -0.2) is 4.79 Å². The van der Waals surface area contributed by atoms with Crippen LogP contribution in [0.15, 0.2) is 41.1 Å². The van der Waals surface area contributed by atoms with Crippen molar-refractivity contribution < 1.29 is 18.8 Å². The number of benzene rings is 1. The number of aromatic nitrogens is 2. The van der Waals surface area contributed by atoms with E-state index in [1.807, 2.05) is 24.3 Å². The Hall–Kier alpha value is -3.35. The van der Waals surface area contributed by atoms with Crippen molar-refractivity contribution in [2.75, 3.05) is 6.54 Å². The Bertz CT molecular complexity index is 1170. The molecule has 30 heavy (non-hydrogen) atoms. The average Bonchev–Trinajstić information content (AvgIpc) is 3.24. The molecule has 0 atom stereocenters. The summed E-state index contributed by atoms with van der Waals surface area (Å²) in [4.78, 5) is 31.1. The molecule has 1 amide bonds. The van der Waals surface area contributed by atoms with E-state index in [-0.39, 0.29) is 17.7 Å². The Labute approximate surface area is 174 Å². The van der Waals surface area contributed by atoms with E-state index in [0.717, 1.165) is 16.5 Å². The van der Waals surface area contributed by atoms with Crippen molar-refractivity contribution in [2.24, 2.45) is 0 Å². The minimum Gasteiger partial charge on any atom is -0.459 e. The number of amides is 1. The van der Waals surface area contributed by atoms with Crippen molar-refractivity contribution in [3.05, 3.63) is 59.2 Å². The monoisotopic (exact) mass is 407 g/mol. The lowest BCUT2D eigenvalue weighted by Gasteiger charge is -2.29. The minimum atomic E-state index is -0.482. The molecule has 0 spiro atoms. The third-order valence-electron chi connectivity index (χ3n) is 5.17. The molecule has 0 fully saturated rings. The first-order valence-electron chi connectivity index (χ1n) is 9.96. The lowest BCUT2D eigenvalue weighted by atomic mass is 9.82. The van der Waals surface area contributed by atoms with Crippen molar-refractivity contribution in [2.45, 2.75) is 46.1 Å². The van der Waals surface area contributed by atoms with Crippen molar-refractivity contribution in [3.8, 4) is 0 Å². The number of rotatable bonds is 3. The van der Waals surface area contributed by atoms with Crippen LogP contribution in [0.2, 0.25) is 0 Å². The summed E-state index contributed by atoms with van der Waals surface area (Å²) in [6, 6.07) is 9.51. The highest BCUT2D eigenvalue weighted by Crippen LogP contribution is 2.40. The largest absolute Gasteiger partial charge is 0.459 e. The standard InChI is InChI=1S/C23H25N3O4/c1-13(2)29-22(28)16-11-26(21(27)18-10-14(3)30-25-18)12-23(4,5)19-15-8-6-7-9-17(15)24-20(16)19/h6-11,13,24H,12H2,1-5H3. The van der Waals surface area contributed by atoms with Crippen LogP contribution in [-0.2, 0) is 14.9 Å². The number of hydrogen-bond donors (Lipinski definition) is 1. The zero-order chi connectivity index (χ0) is 21.6. The highest BCUT2D eigenvalue weighted by Gasteiger charge is 2.38. The molecular formula is C23H25N3O4. The molecular weight excluding hydrogens is 382 g/mol. The summed E-state index contributed by atoms with van der Waals surface area (Å²) in [5.41, 5.74) is 2.67. The predicted octanol–water partition coefficient (Wildman–Crippen LogP) is 4.19. The molecule has 1 aromatic carbocycles. The van der Waals surface area contributed by atoms with Gasteiger partial charge in [-0.15, -0.1) is 0 Å². The summed E-state index contributed by atoms with van der Waals surface area (Å²) in [7, 11) is 0. The van der Waals surface area contributed by atoms with Crippen LogP contribution in [0.25, 0.3) is 16.5 Å². The number of carbonyl (C=O) groups excluding carboxylic acids is 2. The Morgan fingerprint density at radius 1 is 1.27 bits per heavy atom. The summed E-state index contributed by atoms with van der Waals surface area (Å²) in [5.74, 6) is -0.263. The highest BCUT2D eigenvalue weighted by atomic mass is 16.5. The molecule has 3 aromatic rings. The van der Waals surface area contributed by atoms with Gasteiger partial charge in [0.05, 0.1) is 17.4 Å². The Morgan fingerprint density at radius 3 is 2.67 bits per heavy atom. The topological polar surface area (TPSA) is 88.4 Å². The number of esters is 1. The first-order valence-corrected chi connectivity index (χ1v) is 9.96. The first kappa shape index (κ1) is 19.9. The molecule has 0 saturated heterocycles. The molecule has 0 bridgehead atoms. The van der Waals surface area contributed by atoms with E-state index >= 15 is 0 Å². The van der Waals surface area contributed by atoms with Gasteiger partial charge < -0.3 is 19.1 Å². The van der Waals surface area contributed by atoms with Gasteiger partial charge >= 0.3 is 5.97 Å². The number of nitrogens with one attached hydrogen (secondary N) is 1. The number of ether oxygens (including phenoxy) is 1. The number of aryl methyl sites for hydroxylation is 1. The second kappa shape index (κ2) is 7.16. The van der Waals surface area contributed by atoms with E-state index in [1.54, 1.807) is 33.0 Å². The van der Waals surface area contributed by atoms with Gasteiger partial charge in [0.1, 0.15) is 5.76 Å². The lowest BCUT2D eigenvalue weighted by molar-refractivity contribution is -0.140. The van der Waals surface area contributed by atoms with Gasteiger partial charge in [0, 0.05) is 35.1 Å². The van der Waals surface area contributed by atoms with Crippen molar-refractivity contribution in [3.63, 3.8) is 0 Å². The van der Waals surface area contributed by atoms with Crippen molar-refractivity contribution >= 4 is 28.4 Å². The van der Waals surface area contributed by atoms with Gasteiger partial charge in [0.2, 0.25) is 0 Å². The molecule has 1 aliphatic heterocycles. The van der Waals surface area contributed by atoms with E-state index in [1.165, 1.54) is 4.90 Å². The summed E-state index contributed by atoms with van der Waals surface area (Å²) in [6.07, 6.45) is 1.28. The van der Waals surface area contributed by atoms with E-state index < -0.39 is 11.4 Å². The molecule has 1 aliphatic rings. The highest BCUT2D eigenvalue weighted by molar-refractivity contribution is 6.18. The summed E-state index contributed by atoms with van der Waals surface area (Å²) >= 11 is 0. The molecule has 3 heterocycles. The maximum Gasteiger partial charge on any atom is 0.342 e. The molecule has 156 valence electrons. The van der Waals surface area contributed by atoms with E-state index in [9.17, 15) is 9.59 Å². The van der Waals surface area contributed by atoms with E-state index in [0.29, 0.717) is 23.6 Å². The van der Waals surface area contributed by atoms with Crippen LogP contribution in [0.4, 0.5) is 0 Å². The summed E-state index contributed by atoms with van der Waals surface area (Å²) in [5, 5.41) is 4.88. The predicted molar refractivity (Wildman–Crippen MR) is 113 cm³/mol. The molecule has 0 unspecified atom stereocenters. The third kappa shape index (κ3) is 3.40. The summed E-state index contributed by atoms with van der Waals surface area (Å²) in [6.45, 7) is 9.81. The number of para-hydroxylation sites is 1. The molecule has 1 N–H and O–H groups in total. The molecule has 0 aliphatic carbocycles. The minimum absolute atomic E-state index is 0.201. The smallest absolute Gasteiger partial charge is 0.342 e. The lowest BCUT2D eigenvalue weighted by Crippen LogP contribution is -2.37. The third-order valence-corrected chi connectivity index (χ3v) is 5.17. The number of carbonyl (C=O) groups is 2. The fourth-order valence-electron chi connectivity index (χ4n) is 3.99. The van der Waals surface area contributed by atoms with Gasteiger partial charge in [-0.2, -0.15) is 0 Å². The van der Waals surface area contributed by atoms with Crippen LogP contribution in [0, 0.1) is 6.92 Å². The molecule has 2 aromatic heterocycles. The first-order chi connectivity index (χ1) is 14.2. The van der Waals surface area contributed by atoms with Crippen LogP contribution in [0.1, 0.15) is 55.2 Å². The Balaban J connectivity index is 1.90. The number of aromatic amines is 1. The van der Waals surface area contributed by atoms with Gasteiger partial charge in [-0.05, 0) is 32.4 Å². The van der Waals surface area contributed by atoms with Gasteiger partial charge in [-0.1, -0.05) is 37.2 Å². The normalized spacial score (nSPS) is 15.7. The Kier molecular flexibility index (Phi) is 4.76. The zero-order valence-corrected chi connectivity index (χ0v) is 17.8. The number of fused-ring (bicyclic) bond motifs is 3. The van der Waals surface area contributed by atoms with Crippen molar-refractivity contribution in [1.29, 1.82) is 0 Å². The maximum atomic E-state index is 13.2. The molecule has 4 rings (SSSR count). The number of H-pyrrole nitrogens is 1. The second-order valence-corrected chi connectivity index (χ2v) is 8.56. The van der Waals surface area contributed by atoms with Gasteiger partial charge in [-0.3, -0.25) is 4.79 Å². The quantitative estimate of drug-likeness (QED) is 0.658. The van der Waals surface area contributed by atoms with Crippen LogP contribution in [0.5, 0.6) is 0 Å². The maximum absolute atomic E-state index is 13.2. The van der Waals surface area contributed by atoms with Crippen LogP contribution in [0.3, 0.4) is 0 Å². The van der Waals surface area contributed by atoms with Crippen molar-refractivity contribution in [1.82, 2.24) is 15.0 Å². The number of nitrogens with zero attached hydrogens (tertiary/aromatic N) is 2. The fourth-order valence-corrected chi connectivity index (χ4v) is 3.99. The SMILES string of the molecule is Cc1cc(C(=O)N2C=C(C(=O)OC(C)C)c3[nH]c4ccccc4c3C(C)(C)C2)no1. The molecule has 7 nitrogen and oxygen atoms in total. The van der Waals surface area contributed by atoms with Gasteiger partial charge in [0.15, 0.2) is 5.69 Å². The molecule has 7 heteroatoms. The number of hydrogen-bond acceptors (Lipinski definition) is 5. The fraction of sp³-hybridized carbons (Fsp3) is 0.348. The summed E-state index contributed by atoms with van der Waals surface area (Å²) < 4.78 is 10.6.